The minimum atomic E-state index is -3.46. The molecule has 0 fully saturated rings. The van der Waals surface area contributed by atoms with Crippen molar-refractivity contribution in [2.45, 2.75) is 9.79 Å². The Labute approximate surface area is 98.5 Å². The summed E-state index contributed by atoms with van der Waals surface area (Å²) in [5, 5.41) is 0.388. The number of fused-ring (bicyclic) bond motifs is 1. The number of hydrogen-bond acceptors (Lipinski definition) is 4. The van der Waals surface area contributed by atoms with Crippen molar-refractivity contribution in [2.75, 3.05) is 6.54 Å². The van der Waals surface area contributed by atoms with Gasteiger partial charge in [0.05, 0.1) is 6.54 Å². The lowest BCUT2D eigenvalue weighted by Gasteiger charge is -2.18. The zero-order valence-electron chi connectivity index (χ0n) is 8.38. The summed E-state index contributed by atoms with van der Waals surface area (Å²) in [6.45, 7) is 3.93. The van der Waals surface area contributed by atoms with Crippen molar-refractivity contribution in [2.24, 2.45) is 4.99 Å². The highest BCUT2D eigenvalue weighted by Crippen LogP contribution is 2.31. The maximum atomic E-state index is 11.8. The van der Waals surface area contributed by atoms with Crippen LogP contribution in [0.5, 0.6) is 0 Å². The van der Waals surface area contributed by atoms with E-state index in [9.17, 15) is 8.42 Å². The van der Waals surface area contributed by atoms with Gasteiger partial charge in [0.25, 0.3) is 10.0 Å². The van der Waals surface area contributed by atoms with Crippen molar-refractivity contribution in [1.82, 2.24) is 4.72 Å². The first-order chi connectivity index (χ1) is 7.63. The van der Waals surface area contributed by atoms with Crippen LogP contribution in [-0.4, -0.2) is 20.1 Å². The van der Waals surface area contributed by atoms with Crippen LogP contribution in [-0.2, 0) is 10.0 Å². The van der Waals surface area contributed by atoms with E-state index in [0.717, 1.165) is 0 Å². The Morgan fingerprint density at radius 1 is 1.44 bits per heavy atom. The lowest BCUT2D eigenvalue weighted by atomic mass is 10.4. The third-order valence-electron chi connectivity index (χ3n) is 1.93. The minimum Gasteiger partial charge on any atom is -0.258 e. The van der Waals surface area contributed by atoms with Crippen molar-refractivity contribution in [3.05, 3.63) is 36.9 Å². The molecule has 1 aromatic rings. The summed E-state index contributed by atoms with van der Waals surface area (Å²) >= 11 is 1.31. The molecular formula is C10H10N2O2S2. The molecule has 2 rings (SSSR count). The van der Waals surface area contributed by atoms with E-state index >= 15 is 0 Å². The zero-order valence-corrected chi connectivity index (χ0v) is 10.0. The highest BCUT2D eigenvalue weighted by molar-refractivity contribution is 8.16. The van der Waals surface area contributed by atoms with Crippen LogP contribution in [0, 0.1) is 0 Å². The van der Waals surface area contributed by atoms with Crippen molar-refractivity contribution in [3.8, 4) is 0 Å². The van der Waals surface area contributed by atoms with Gasteiger partial charge in [0.15, 0.2) is 5.17 Å². The molecule has 0 amide bonds. The van der Waals surface area contributed by atoms with E-state index in [2.05, 4.69) is 16.3 Å². The smallest absolute Gasteiger partial charge is 0.258 e. The highest BCUT2D eigenvalue weighted by Gasteiger charge is 2.26. The standard InChI is InChI=1S/C10H10N2O2S2/c1-2-7-11-10-12-16(13,14)9-6-4-3-5-8(9)15-10/h2-6H,1,7H2,(H,11,12). The van der Waals surface area contributed by atoms with Gasteiger partial charge in [0.1, 0.15) is 4.90 Å². The molecule has 1 heterocycles. The van der Waals surface area contributed by atoms with Crippen LogP contribution >= 0.6 is 11.8 Å². The number of benzene rings is 1. The largest absolute Gasteiger partial charge is 0.264 e. The molecule has 16 heavy (non-hydrogen) atoms. The van der Waals surface area contributed by atoms with Crippen LogP contribution in [0.1, 0.15) is 0 Å². The molecule has 0 aliphatic carbocycles. The molecule has 0 spiro atoms. The van der Waals surface area contributed by atoms with Gasteiger partial charge in [0, 0.05) is 4.90 Å². The molecule has 6 heteroatoms. The second kappa shape index (κ2) is 4.31. The summed E-state index contributed by atoms with van der Waals surface area (Å²) in [5.74, 6) is 0. The van der Waals surface area contributed by atoms with E-state index in [1.807, 2.05) is 0 Å². The molecule has 84 valence electrons. The van der Waals surface area contributed by atoms with Gasteiger partial charge < -0.3 is 0 Å². The number of hydrogen-bond donors (Lipinski definition) is 1. The molecular weight excluding hydrogens is 244 g/mol. The molecule has 1 N–H and O–H groups in total. The molecule has 0 atom stereocenters. The van der Waals surface area contributed by atoms with Gasteiger partial charge in [-0.25, -0.2) is 8.42 Å². The number of nitrogens with zero attached hydrogens (tertiary/aromatic N) is 1. The Hall–Kier alpha value is -1.27. The summed E-state index contributed by atoms with van der Waals surface area (Å²) in [5.41, 5.74) is 0. The highest BCUT2D eigenvalue weighted by atomic mass is 32.2. The summed E-state index contributed by atoms with van der Waals surface area (Å²) in [4.78, 5) is 5.07. The molecule has 0 saturated heterocycles. The Kier molecular flexibility index (Phi) is 3.02. The van der Waals surface area contributed by atoms with E-state index < -0.39 is 10.0 Å². The van der Waals surface area contributed by atoms with Crippen LogP contribution < -0.4 is 4.72 Å². The number of nitrogens with one attached hydrogen (secondary N) is 1. The van der Waals surface area contributed by atoms with Crippen molar-refractivity contribution in [1.29, 1.82) is 0 Å². The molecule has 1 aromatic carbocycles. The Morgan fingerprint density at radius 2 is 2.19 bits per heavy atom. The molecule has 0 aromatic heterocycles. The molecule has 1 aliphatic rings. The monoisotopic (exact) mass is 254 g/mol. The average molecular weight is 254 g/mol. The quantitative estimate of drug-likeness (QED) is 0.816. The second-order valence-corrected chi connectivity index (χ2v) is 5.77. The van der Waals surface area contributed by atoms with E-state index in [-0.39, 0.29) is 0 Å². The number of rotatable bonds is 2. The lowest BCUT2D eigenvalue weighted by molar-refractivity contribution is 0.590. The first-order valence-electron chi connectivity index (χ1n) is 4.58. The lowest BCUT2D eigenvalue weighted by Crippen LogP contribution is -2.32. The summed E-state index contributed by atoms with van der Waals surface area (Å²) < 4.78 is 26.1. The molecule has 4 nitrogen and oxygen atoms in total. The van der Waals surface area contributed by atoms with Crippen LogP contribution in [0.4, 0.5) is 0 Å². The number of thioether (sulfide) groups is 1. The molecule has 0 radical (unpaired) electrons. The van der Waals surface area contributed by atoms with E-state index in [0.29, 0.717) is 21.5 Å². The molecule has 0 unspecified atom stereocenters. The van der Waals surface area contributed by atoms with Crippen LogP contribution in [0.25, 0.3) is 0 Å². The van der Waals surface area contributed by atoms with Gasteiger partial charge in [-0.1, -0.05) is 30.0 Å². The summed E-state index contributed by atoms with van der Waals surface area (Å²) in [7, 11) is -3.46. The number of aliphatic imine (C=N–C) groups is 1. The fraction of sp³-hybridized carbons (Fsp3) is 0.100. The Balaban J connectivity index is 2.45. The third-order valence-corrected chi connectivity index (χ3v) is 4.59. The Morgan fingerprint density at radius 3 is 2.94 bits per heavy atom. The Bertz CT molecular complexity index is 550. The SMILES string of the molecule is C=CCN=C1NS(=O)(=O)c2ccccc2S1. The fourth-order valence-electron chi connectivity index (χ4n) is 1.26. The van der Waals surface area contributed by atoms with E-state index in [4.69, 9.17) is 0 Å². The normalized spacial score (nSPS) is 19.9. The van der Waals surface area contributed by atoms with Crippen LogP contribution in [0.2, 0.25) is 0 Å². The second-order valence-electron chi connectivity index (χ2n) is 3.09. The number of sulfonamides is 1. The molecule has 1 aliphatic heterocycles. The first-order valence-corrected chi connectivity index (χ1v) is 6.88. The van der Waals surface area contributed by atoms with Gasteiger partial charge in [-0.15, -0.1) is 6.58 Å². The fourth-order valence-corrected chi connectivity index (χ4v) is 3.87. The van der Waals surface area contributed by atoms with Crippen molar-refractivity contribution >= 4 is 27.0 Å². The molecule has 0 saturated carbocycles. The van der Waals surface area contributed by atoms with Gasteiger partial charge in [-0.05, 0) is 12.1 Å². The van der Waals surface area contributed by atoms with Crippen molar-refractivity contribution in [3.63, 3.8) is 0 Å². The van der Waals surface area contributed by atoms with Gasteiger partial charge in [-0.3, -0.25) is 9.71 Å². The molecule has 0 bridgehead atoms. The van der Waals surface area contributed by atoms with Gasteiger partial charge >= 0.3 is 0 Å². The van der Waals surface area contributed by atoms with Gasteiger partial charge in [0.2, 0.25) is 0 Å². The number of amidine groups is 1. The summed E-state index contributed by atoms with van der Waals surface area (Å²) in [6.07, 6.45) is 1.61. The predicted molar refractivity (Wildman–Crippen MR) is 65.1 cm³/mol. The van der Waals surface area contributed by atoms with Crippen LogP contribution in [0.3, 0.4) is 0 Å². The average Bonchev–Trinajstić information content (AvgIpc) is 2.25. The van der Waals surface area contributed by atoms with Crippen LogP contribution in [0.15, 0.2) is 51.7 Å². The first kappa shape index (κ1) is 11.2. The predicted octanol–water partition coefficient (Wildman–Crippen LogP) is 1.61. The third kappa shape index (κ3) is 2.12. The van der Waals surface area contributed by atoms with E-state index in [1.165, 1.54) is 11.8 Å². The maximum absolute atomic E-state index is 11.8. The summed E-state index contributed by atoms with van der Waals surface area (Å²) in [6, 6.07) is 6.85. The topological polar surface area (TPSA) is 58.5 Å². The zero-order chi connectivity index (χ0) is 11.6. The minimum absolute atomic E-state index is 0.303. The van der Waals surface area contributed by atoms with Crippen molar-refractivity contribution < 1.29 is 8.42 Å². The van der Waals surface area contributed by atoms with Gasteiger partial charge in [-0.2, -0.15) is 0 Å². The van der Waals surface area contributed by atoms with E-state index in [1.54, 1.807) is 30.3 Å². The maximum Gasteiger partial charge on any atom is 0.264 e.